The number of esters is 1. The lowest BCUT2D eigenvalue weighted by Crippen LogP contribution is -2.08. The zero-order valence-electron chi connectivity index (χ0n) is 15.1. The number of hydrogen-bond donors (Lipinski definition) is 1. The first-order valence-corrected chi connectivity index (χ1v) is 9.03. The highest BCUT2D eigenvalue weighted by molar-refractivity contribution is 6.35. The van der Waals surface area contributed by atoms with Crippen molar-refractivity contribution in [3.8, 4) is 0 Å². The molecule has 0 aliphatic carbocycles. The molecule has 0 saturated carbocycles. The second-order valence-electron chi connectivity index (χ2n) is 6.41. The summed E-state index contributed by atoms with van der Waals surface area (Å²) < 4.78 is 7.07. The van der Waals surface area contributed by atoms with E-state index in [2.05, 4.69) is 5.32 Å². The highest BCUT2D eigenvalue weighted by Crippen LogP contribution is 2.34. The number of nitrogens with zero attached hydrogens (tertiary/aromatic N) is 1. The van der Waals surface area contributed by atoms with Gasteiger partial charge in [-0.3, -0.25) is 9.59 Å². The molecule has 0 bridgehead atoms. The summed E-state index contributed by atoms with van der Waals surface area (Å²) in [4.78, 5) is 24.1. The summed E-state index contributed by atoms with van der Waals surface area (Å²) in [7, 11) is 0. The Hall–Kier alpha value is -3.34. The van der Waals surface area contributed by atoms with Gasteiger partial charge in [0.1, 0.15) is 0 Å². The van der Waals surface area contributed by atoms with Gasteiger partial charge in [0.15, 0.2) is 0 Å². The summed E-state index contributed by atoms with van der Waals surface area (Å²) in [6.07, 6.45) is 4.22. The number of aromatic nitrogens is 1. The highest BCUT2D eigenvalue weighted by atomic mass is 16.5. The Balaban J connectivity index is 1.73. The van der Waals surface area contributed by atoms with Crippen LogP contribution in [0.4, 0.5) is 5.69 Å². The number of aryl methyl sites for hydroxylation is 1. The number of rotatable bonds is 5. The lowest BCUT2D eigenvalue weighted by molar-refractivity contribution is -0.143. The van der Waals surface area contributed by atoms with Gasteiger partial charge >= 0.3 is 5.97 Å². The van der Waals surface area contributed by atoms with Crippen molar-refractivity contribution >= 4 is 40.1 Å². The second-order valence-corrected chi connectivity index (χ2v) is 6.41. The first kappa shape index (κ1) is 17.1. The first-order chi connectivity index (χ1) is 13.2. The summed E-state index contributed by atoms with van der Waals surface area (Å²) in [5, 5.41) is 3.95. The zero-order valence-corrected chi connectivity index (χ0v) is 15.1. The molecule has 27 heavy (non-hydrogen) atoms. The molecule has 4 rings (SSSR count). The minimum Gasteiger partial charge on any atom is -0.466 e. The molecule has 136 valence electrons. The molecule has 1 aliphatic rings. The summed E-state index contributed by atoms with van der Waals surface area (Å²) in [6, 6.07) is 15.7. The van der Waals surface area contributed by atoms with Gasteiger partial charge in [0.2, 0.25) is 0 Å². The van der Waals surface area contributed by atoms with Gasteiger partial charge in [0, 0.05) is 46.0 Å². The van der Waals surface area contributed by atoms with Crippen LogP contribution in [0.15, 0.2) is 54.7 Å². The SMILES string of the molecule is CCOC(=O)CCn1cc(/C=C2\C(=O)Nc3ccccc32)c2ccccc21. The molecule has 2 heterocycles. The van der Waals surface area contributed by atoms with E-state index in [1.54, 1.807) is 6.92 Å². The van der Waals surface area contributed by atoms with Crippen molar-refractivity contribution in [1.82, 2.24) is 4.57 Å². The van der Waals surface area contributed by atoms with Gasteiger partial charge in [0.25, 0.3) is 5.91 Å². The van der Waals surface area contributed by atoms with Crippen LogP contribution in [-0.2, 0) is 20.9 Å². The molecule has 0 radical (unpaired) electrons. The summed E-state index contributed by atoms with van der Waals surface area (Å²) in [5.41, 5.74) is 4.38. The molecule has 3 aromatic rings. The van der Waals surface area contributed by atoms with Gasteiger partial charge in [-0.25, -0.2) is 0 Å². The fourth-order valence-electron chi connectivity index (χ4n) is 3.46. The van der Waals surface area contributed by atoms with Crippen molar-refractivity contribution < 1.29 is 14.3 Å². The van der Waals surface area contributed by atoms with Gasteiger partial charge in [-0.1, -0.05) is 36.4 Å². The van der Waals surface area contributed by atoms with Crippen molar-refractivity contribution in [1.29, 1.82) is 0 Å². The van der Waals surface area contributed by atoms with Crippen molar-refractivity contribution in [3.05, 3.63) is 65.9 Å². The molecular weight excluding hydrogens is 340 g/mol. The molecule has 1 aromatic heterocycles. The fourth-order valence-corrected chi connectivity index (χ4v) is 3.46. The molecule has 0 unspecified atom stereocenters. The Labute approximate surface area is 157 Å². The van der Waals surface area contributed by atoms with Crippen LogP contribution >= 0.6 is 0 Å². The number of para-hydroxylation sites is 2. The number of nitrogens with one attached hydrogen (secondary N) is 1. The number of anilines is 1. The summed E-state index contributed by atoms with van der Waals surface area (Å²) in [5.74, 6) is -0.307. The second kappa shape index (κ2) is 7.11. The number of hydrogen-bond acceptors (Lipinski definition) is 3. The number of carbonyl (C=O) groups is 2. The highest BCUT2D eigenvalue weighted by Gasteiger charge is 2.23. The van der Waals surface area contributed by atoms with E-state index in [-0.39, 0.29) is 11.9 Å². The van der Waals surface area contributed by atoms with Crippen LogP contribution in [-0.4, -0.2) is 23.1 Å². The van der Waals surface area contributed by atoms with E-state index in [0.29, 0.717) is 25.1 Å². The molecule has 5 nitrogen and oxygen atoms in total. The summed E-state index contributed by atoms with van der Waals surface area (Å²) >= 11 is 0. The quantitative estimate of drug-likeness (QED) is 0.551. The van der Waals surface area contributed by atoms with Crippen LogP contribution in [0.5, 0.6) is 0 Å². The third kappa shape index (κ3) is 3.24. The zero-order chi connectivity index (χ0) is 18.8. The van der Waals surface area contributed by atoms with Gasteiger partial charge in [-0.05, 0) is 25.1 Å². The monoisotopic (exact) mass is 360 g/mol. The Morgan fingerprint density at radius 3 is 2.78 bits per heavy atom. The number of amides is 1. The van der Waals surface area contributed by atoms with E-state index in [1.807, 2.05) is 65.4 Å². The third-order valence-electron chi connectivity index (χ3n) is 4.69. The van der Waals surface area contributed by atoms with Crippen LogP contribution < -0.4 is 5.32 Å². The van der Waals surface area contributed by atoms with Gasteiger partial charge < -0.3 is 14.6 Å². The standard InChI is InChI=1S/C22H20N2O3/c1-2-27-21(25)11-12-24-14-15(16-7-4-6-10-20(16)24)13-18-17-8-3-5-9-19(17)23-22(18)26/h3-10,13-14H,2,11-12H2,1H3,(H,23,26)/b18-13-. The number of carbonyl (C=O) groups excluding carboxylic acids is 2. The third-order valence-corrected chi connectivity index (χ3v) is 4.69. The van der Waals surface area contributed by atoms with E-state index < -0.39 is 0 Å². The van der Waals surface area contributed by atoms with Crippen LogP contribution in [0, 0.1) is 0 Å². The Morgan fingerprint density at radius 1 is 1.15 bits per heavy atom. The molecule has 0 spiro atoms. The van der Waals surface area contributed by atoms with Gasteiger partial charge in [-0.2, -0.15) is 0 Å². The largest absolute Gasteiger partial charge is 0.466 e. The average Bonchev–Trinajstić information content (AvgIpc) is 3.19. The molecule has 5 heteroatoms. The predicted molar refractivity (Wildman–Crippen MR) is 106 cm³/mol. The maximum Gasteiger partial charge on any atom is 0.307 e. The van der Waals surface area contributed by atoms with Crippen LogP contribution in [0.25, 0.3) is 22.6 Å². The molecule has 0 atom stereocenters. The molecule has 1 amide bonds. The van der Waals surface area contributed by atoms with Crippen molar-refractivity contribution in [2.45, 2.75) is 19.9 Å². The number of benzene rings is 2. The van der Waals surface area contributed by atoms with Crippen LogP contribution in [0.2, 0.25) is 0 Å². The summed E-state index contributed by atoms with van der Waals surface area (Å²) in [6.45, 7) is 2.72. The average molecular weight is 360 g/mol. The lowest BCUT2D eigenvalue weighted by atomic mass is 10.0. The molecule has 1 aliphatic heterocycles. The van der Waals surface area contributed by atoms with Crippen molar-refractivity contribution in [3.63, 3.8) is 0 Å². The maximum atomic E-state index is 12.4. The maximum absolute atomic E-state index is 12.4. The smallest absolute Gasteiger partial charge is 0.307 e. The normalized spacial score (nSPS) is 14.4. The van der Waals surface area contributed by atoms with Gasteiger partial charge in [0.05, 0.1) is 13.0 Å². The van der Waals surface area contributed by atoms with Crippen LogP contribution in [0.1, 0.15) is 24.5 Å². The Bertz CT molecular complexity index is 1060. The van der Waals surface area contributed by atoms with Crippen molar-refractivity contribution in [2.75, 3.05) is 11.9 Å². The van der Waals surface area contributed by atoms with Gasteiger partial charge in [-0.15, -0.1) is 0 Å². The number of fused-ring (bicyclic) bond motifs is 2. The molecule has 2 aromatic carbocycles. The molecule has 0 fully saturated rings. The molecular formula is C22H20N2O3. The van der Waals surface area contributed by atoms with Crippen LogP contribution in [0.3, 0.4) is 0 Å². The minimum absolute atomic E-state index is 0.0976. The topological polar surface area (TPSA) is 60.3 Å². The first-order valence-electron chi connectivity index (χ1n) is 9.03. The Kier molecular flexibility index (Phi) is 4.50. The molecule has 1 N–H and O–H groups in total. The minimum atomic E-state index is -0.209. The van der Waals surface area contributed by atoms with Crippen molar-refractivity contribution in [2.24, 2.45) is 0 Å². The van der Waals surface area contributed by atoms with E-state index in [1.165, 1.54) is 0 Å². The lowest BCUT2D eigenvalue weighted by Gasteiger charge is -2.04. The van der Waals surface area contributed by atoms with E-state index in [4.69, 9.17) is 4.74 Å². The van der Waals surface area contributed by atoms with E-state index in [0.717, 1.165) is 27.7 Å². The van der Waals surface area contributed by atoms with E-state index >= 15 is 0 Å². The predicted octanol–water partition coefficient (Wildman–Crippen LogP) is 4.09. The Morgan fingerprint density at radius 2 is 1.93 bits per heavy atom. The van der Waals surface area contributed by atoms with E-state index in [9.17, 15) is 9.59 Å². The fraction of sp³-hybridized carbons (Fsp3) is 0.182. The molecule has 0 saturated heterocycles. The number of ether oxygens (including phenoxy) is 1.